The van der Waals surface area contributed by atoms with Crippen LogP contribution >= 0.6 is 11.3 Å². The van der Waals surface area contributed by atoms with Crippen LogP contribution < -0.4 is 5.32 Å². The van der Waals surface area contributed by atoms with Gasteiger partial charge in [0, 0.05) is 4.88 Å². The largest absolute Gasteiger partial charge is 0.480 e. The Morgan fingerprint density at radius 1 is 1.50 bits per heavy atom. The average Bonchev–Trinajstić information content (AvgIpc) is 3.04. The lowest BCUT2D eigenvalue weighted by Gasteiger charge is -2.13. The van der Waals surface area contributed by atoms with E-state index in [1.54, 1.807) is 0 Å². The van der Waals surface area contributed by atoms with Gasteiger partial charge in [0.15, 0.2) is 0 Å². The fourth-order valence-electron chi connectivity index (χ4n) is 1.82. The topological polar surface area (TPSA) is 66.4 Å². The van der Waals surface area contributed by atoms with Crippen LogP contribution in [-0.2, 0) is 4.79 Å². The summed E-state index contributed by atoms with van der Waals surface area (Å²) in [5, 5.41) is 11.7. The summed E-state index contributed by atoms with van der Waals surface area (Å²) in [7, 11) is 0. The molecular weight excluding hydrogens is 250 g/mol. The van der Waals surface area contributed by atoms with Gasteiger partial charge in [-0.05, 0) is 37.8 Å². The summed E-state index contributed by atoms with van der Waals surface area (Å²) in [5.41, 5.74) is 1.07. The molecule has 5 heteroatoms. The monoisotopic (exact) mass is 267 g/mol. The smallest absolute Gasteiger partial charge is 0.326 e. The van der Waals surface area contributed by atoms with Crippen LogP contribution in [0.3, 0.4) is 0 Å². The standard InChI is InChI=1S/C13H17NO3S/c1-7-5-11(18-8(7)2)12(15)14-10(13(16)17)6-9-3-4-9/h5,9-10H,3-4,6H2,1-2H3,(H,14,15)(H,16,17). The first-order valence-corrected chi connectivity index (χ1v) is 6.89. The highest BCUT2D eigenvalue weighted by atomic mass is 32.1. The van der Waals surface area contributed by atoms with E-state index in [4.69, 9.17) is 5.11 Å². The Morgan fingerprint density at radius 3 is 2.61 bits per heavy atom. The number of carbonyl (C=O) groups excluding carboxylic acids is 1. The predicted octanol–water partition coefficient (Wildman–Crippen LogP) is 2.35. The van der Waals surface area contributed by atoms with Crippen LogP contribution in [0, 0.1) is 19.8 Å². The molecule has 1 heterocycles. The molecule has 0 spiro atoms. The molecule has 98 valence electrons. The number of nitrogens with one attached hydrogen (secondary N) is 1. The highest BCUT2D eigenvalue weighted by Gasteiger charge is 2.30. The number of rotatable bonds is 5. The third kappa shape index (κ3) is 3.10. The molecule has 0 aromatic carbocycles. The van der Waals surface area contributed by atoms with Crippen molar-refractivity contribution >= 4 is 23.2 Å². The molecule has 0 saturated heterocycles. The molecule has 1 aromatic heterocycles. The van der Waals surface area contributed by atoms with Gasteiger partial charge in [0.2, 0.25) is 0 Å². The number of thiophene rings is 1. The van der Waals surface area contributed by atoms with Gasteiger partial charge in [0.05, 0.1) is 4.88 Å². The lowest BCUT2D eigenvalue weighted by molar-refractivity contribution is -0.139. The number of carbonyl (C=O) groups is 2. The molecule has 1 atom stereocenters. The first-order valence-electron chi connectivity index (χ1n) is 6.08. The molecule has 0 bridgehead atoms. The number of amides is 1. The second-order valence-corrected chi connectivity index (χ2v) is 6.15. The van der Waals surface area contributed by atoms with Crippen LogP contribution in [0.25, 0.3) is 0 Å². The molecule has 2 rings (SSSR count). The SMILES string of the molecule is Cc1cc(C(=O)NC(CC2CC2)C(=O)O)sc1C. The van der Waals surface area contributed by atoms with Crippen molar-refractivity contribution in [2.24, 2.45) is 5.92 Å². The third-order valence-electron chi connectivity index (χ3n) is 3.26. The number of carboxylic acids is 1. The van der Waals surface area contributed by atoms with Gasteiger partial charge in [-0.3, -0.25) is 4.79 Å². The summed E-state index contributed by atoms with van der Waals surface area (Å²) < 4.78 is 0. The summed E-state index contributed by atoms with van der Waals surface area (Å²) in [6.07, 6.45) is 2.71. The maximum absolute atomic E-state index is 12.0. The van der Waals surface area contributed by atoms with Crippen molar-refractivity contribution in [3.8, 4) is 0 Å². The highest BCUT2D eigenvalue weighted by Crippen LogP contribution is 2.33. The van der Waals surface area contributed by atoms with Gasteiger partial charge >= 0.3 is 5.97 Å². The van der Waals surface area contributed by atoms with Crippen molar-refractivity contribution in [2.75, 3.05) is 0 Å². The van der Waals surface area contributed by atoms with E-state index in [-0.39, 0.29) is 5.91 Å². The quantitative estimate of drug-likeness (QED) is 0.860. The first kappa shape index (κ1) is 13.1. The zero-order chi connectivity index (χ0) is 13.3. The van der Waals surface area contributed by atoms with Gasteiger partial charge in [-0.2, -0.15) is 0 Å². The molecule has 0 radical (unpaired) electrons. The fourth-order valence-corrected chi connectivity index (χ4v) is 2.76. The van der Waals surface area contributed by atoms with E-state index in [0.717, 1.165) is 23.3 Å². The average molecular weight is 267 g/mol. The third-order valence-corrected chi connectivity index (χ3v) is 4.41. The number of hydrogen-bond donors (Lipinski definition) is 2. The van der Waals surface area contributed by atoms with Crippen LogP contribution in [-0.4, -0.2) is 23.0 Å². The van der Waals surface area contributed by atoms with Crippen molar-refractivity contribution in [2.45, 2.75) is 39.2 Å². The van der Waals surface area contributed by atoms with E-state index < -0.39 is 12.0 Å². The maximum Gasteiger partial charge on any atom is 0.326 e. The Morgan fingerprint density at radius 2 is 2.17 bits per heavy atom. The van der Waals surface area contributed by atoms with Crippen LogP contribution in [0.1, 0.15) is 39.4 Å². The van der Waals surface area contributed by atoms with Crippen LogP contribution in [0.4, 0.5) is 0 Å². The molecule has 0 aliphatic heterocycles. The molecule has 1 amide bonds. The molecule has 18 heavy (non-hydrogen) atoms. The van der Waals surface area contributed by atoms with Crippen LogP contribution in [0.15, 0.2) is 6.07 Å². The van der Waals surface area contributed by atoms with Gasteiger partial charge in [-0.25, -0.2) is 4.79 Å². The lowest BCUT2D eigenvalue weighted by atomic mass is 10.1. The van der Waals surface area contributed by atoms with Gasteiger partial charge in [0.1, 0.15) is 6.04 Å². The Kier molecular flexibility index (Phi) is 3.71. The van der Waals surface area contributed by atoms with E-state index in [2.05, 4.69) is 5.32 Å². The van der Waals surface area contributed by atoms with E-state index >= 15 is 0 Å². The summed E-state index contributed by atoms with van der Waals surface area (Å²) in [5.74, 6) is -0.747. The zero-order valence-electron chi connectivity index (χ0n) is 10.5. The van der Waals surface area contributed by atoms with Crippen LogP contribution in [0.5, 0.6) is 0 Å². The lowest BCUT2D eigenvalue weighted by Crippen LogP contribution is -2.40. The number of aliphatic carboxylic acids is 1. The Labute approximate surface area is 110 Å². The molecule has 1 saturated carbocycles. The molecular formula is C13H17NO3S. The second kappa shape index (κ2) is 5.10. The molecule has 1 aromatic rings. The molecule has 1 unspecified atom stereocenters. The van der Waals surface area contributed by atoms with Crippen molar-refractivity contribution in [1.82, 2.24) is 5.32 Å². The molecule has 1 aliphatic carbocycles. The minimum atomic E-state index is -0.944. The predicted molar refractivity (Wildman–Crippen MR) is 70.0 cm³/mol. The molecule has 1 fully saturated rings. The Hall–Kier alpha value is -1.36. The number of aryl methyl sites for hydroxylation is 2. The summed E-state index contributed by atoms with van der Waals surface area (Å²) in [6, 6.07) is 1.05. The zero-order valence-corrected chi connectivity index (χ0v) is 11.3. The minimum absolute atomic E-state index is 0.274. The van der Waals surface area contributed by atoms with Gasteiger partial charge in [0.25, 0.3) is 5.91 Å². The van der Waals surface area contributed by atoms with E-state index in [1.165, 1.54) is 11.3 Å². The van der Waals surface area contributed by atoms with Crippen molar-refractivity contribution in [3.05, 3.63) is 21.4 Å². The van der Waals surface area contributed by atoms with Gasteiger partial charge in [-0.15, -0.1) is 11.3 Å². The minimum Gasteiger partial charge on any atom is -0.480 e. The molecule has 2 N–H and O–H groups in total. The van der Waals surface area contributed by atoms with Crippen molar-refractivity contribution in [3.63, 3.8) is 0 Å². The summed E-state index contributed by atoms with van der Waals surface area (Å²) in [4.78, 5) is 24.7. The molecule has 1 aliphatic rings. The molecule has 4 nitrogen and oxygen atoms in total. The maximum atomic E-state index is 12.0. The Bertz CT molecular complexity index is 457. The second-order valence-electron chi connectivity index (χ2n) is 4.89. The summed E-state index contributed by atoms with van der Waals surface area (Å²) >= 11 is 1.41. The van der Waals surface area contributed by atoms with Gasteiger partial charge < -0.3 is 10.4 Å². The number of carboxylic acid groups (broad SMARTS) is 1. The van der Waals surface area contributed by atoms with E-state index in [1.807, 2.05) is 19.9 Å². The highest BCUT2D eigenvalue weighted by molar-refractivity contribution is 7.14. The van der Waals surface area contributed by atoms with E-state index in [9.17, 15) is 9.59 Å². The Balaban J connectivity index is 2.01. The number of hydrogen-bond acceptors (Lipinski definition) is 3. The van der Waals surface area contributed by atoms with Gasteiger partial charge in [-0.1, -0.05) is 12.8 Å². The normalized spacial score (nSPS) is 16.3. The van der Waals surface area contributed by atoms with E-state index in [0.29, 0.717) is 17.2 Å². The summed E-state index contributed by atoms with van der Waals surface area (Å²) in [6.45, 7) is 3.90. The first-order chi connectivity index (χ1) is 8.47. The van der Waals surface area contributed by atoms with Crippen molar-refractivity contribution < 1.29 is 14.7 Å². The fraction of sp³-hybridized carbons (Fsp3) is 0.538. The van der Waals surface area contributed by atoms with Crippen molar-refractivity contribution in [1.29, 1.82) is 0 Å². The van der Waals surface area contributed by atoms with Crippen LogP contribution in [0.2, 0.25) is 0 Å².